The third-order valence-corrected chi connectivity index (χ3v) is 13.4. The minimum absolute atomic E-state index is 0.000115. The lowest BCUT2D eigenvalue weighted by atomic mass is 9.88. The lowest BCUT2D eigenvalue weighted by Gasteiger charge is -2.25. The zero-order valence-electron chi connectivity index (χ0n) is 43.7. The Morgan fingerprint density at radius 2 is 0.973 bits per heavy atom. The number of benzene rings is 6. The second-order valence-corrected chi connectivity index (χ2v) is 18.7. The highest BCUT2D eigenvalue weighted by Gasteiger charge is 2.20. The highest BCUT2D eigenvalue weighted by Crippen LogP contribution is 2.34. The molecule has 0 spiro atoms. The first kappa shape index (κ1) is 54.5. The van der Waals surface area contributed by atoms with Crippen molar-refractivity contribution in [3.63, 3.8) is 0 Å². The molecule has 0 aromatic heterocycles. The Hall–Kier alpha value is -6.29. The smallest absolute Gasteiger partial charge is 0.414 e. The molecule has 73 heavy (non-hydrogen) atoms. The van der Waals surface area contributed by atoms with Crippen LogP contribution in [0.3, 0.4) is 0 Å². The van der Waals surface area contributed by atoms with Gasteiger partial charge in [-0.05, 0) is 153 Å². The number of ether oxygens (including phenoxy) is 5. The van der Waals surface area contributed by atoms with Gasteiger partial charge in [0.25, 0.3) is 0 Å². The Balaban J connectivity index is 0.000000216. The summed E-state index contributed by atoms with van der Waals surface area (Å²) < 4.78 is 28.4. The van der Waals surface area contributed by atoms with Crippen LogP contribution in [0.15, 0.2) is 181 Å². The maximum Gasteiger partial charge on any atom is 0.414 e. The molecular weight excluding hydrogens is 905 g/mol. The van der Waals surface area contributed by atoms with Crippen molar-refractivity contribution in [2.75, 3.05) is 56.3 Å². The number of nitrogens with zero attached hydrogens (tertiary/aromatic N) is 1. The van der Waals surface area contributed by atoms with Crippen LogP contribution >= 0.6 is 0 Å². The lowest BCUT2D eigenvalue weighted by Crippen LogP contribution is -2.33. The molecule has 2 unspecified atom stereocenters. The number of amides is 1. The predicted octanol–water partition coefficient (Wildman–Crippen LogP) is 15.5. The minimum Gasteiger partial charge on any atom is -0.449 e. The molecule has 0 bridgehead atoms. The van der Waals surface area contributed by atoms with Crippen LogP contribution in [0.1, 0.15) is 118 Å². The molecule has 0 radical (unpaired) electrons. The van der Waals surface area contributed by atoms with E-state index >= 15 is 0 Å². The molecule has 1 amide bonds. The van der Waals surface area contributed by atoms with E-state index in [1.54, 1.807) is 4.90 Å². The summed E-state index contributed by atoms with van der Waals surface area (Å²) in [4.78, 5) is 14.6. The summed E-state index contributed by atoms with van der Waals surface area (Å²) in [6.45, 7) is 10.9. The van der Waals surface area contributed by atoms with Crippen LogP contribution in [0.25, 0.3) is 11.1 Å². The van der Waals surface area contributed by atoms with Crippen LogP contribution in [-0.2, 0) is 36.5 Å². The van der Waals surface area contributed by atoms with Crippen molar-refractivity contribution in [2.24, 2.45) is 0 Å². The van der Waals surface area contributed by atoms with Crippen molar-refractivity contribution in [1.82, 2.24) is 0 Å². The van der Waals surface area contributed by atoms with E-state index in [0.29, 0.717) is 26.2 Å². The Labute approximate surface area is 436 Å². The molecule has 8 heteroatoms. The van der Waals surface area contributed by atoms with Crippen LogP contribution in [0.4, 0.5) is 16.2 Å². The summed E-state index contributed by atoms with van der Waals surface area (Å²) in [5.74, 6) is 0. The Morgan fingerprint density at radius 1 is 0.534 bits per heavy atom. The highest BCUT2D eigenvalue weighted by atomic mass is 16.7. The van der Waals surface area contributed by atoms with Gasteiger partial charge in [-0.1, -0.05) is 171 Å². The number of allylic oxidation sites excluding steroid dienone is 2. The first-order valence-electron chi connectivity index (χ1n) is 27.0. The molecule has 0 aliphatic carbocycles. The maximum atomic E-state index is 12.9. The van der Waals surface area contributed by atoms with Gasteiger partial charge in [-0.25, -0.2) is 4.79 Å². The summed E-state index contributed by atoms with van der Waals surface area (Å²) in [5, 5.41) is 3.53. The molecule has 8 rings (SSSR count). The zero-order chi connectivity index (χ0) is 50.7. The number of carbonyl (C=O) groups excluding carboxylic acids is 1. The van der Waals surface area contributed by atoms with Crippen LogP contribution in [0, 0.1) is 0 Å². The van der Waals surface area contributed by atoms with Crippen molar-refractivity contribution < 1.29 is 28.5 Å². The summed E-state index contributed by atoms with van der Waals surface area (Å²) >= 11 is 0. The molecule has 6 aromatic carbocycles. The topological polar surface area (TPSA) is 78.5 Å². The maximum absolute atomic E-state index is 12.9. The lowest BCUT2D eigenvalue weighted by molar-refractivity contribution is -0.162. The zero-order valence-corrected chi connectivity index (χ0v) is 43.7. The summed E-state index contributed by atoms with van der Waals surface area (Å²) in [6.07, 6.45) is 11.6. The average molecular weight is 983 g/mol. The summed E-state index contributed by atoms with van der Waals surface area (Å²) in [7, 11) is 0. The number of carbonyl (C=O) groups is 1. The Morgan fingerprint density at radius 3 is 1.41 bits per heavy atom. The molecule has 2 heterocycles. The van der Waals surface area contributed by atoms with Gasteiger partial charge in [0.1, 0.15) is 0 Å². The van der Waals surface area contributed by atoms with Gasteiger partial charge in [-0.3, -0.25) is 4.90 Å². The van der Waals surface area contributed by atoms with Crippen molar-refractivity contribution >= 4 is 28.6 Å². The molecule has 2 aliphatic rings. The van der Waals surface area contributed by atoms with Gasteiger partial charge in [0.15, 0.2) is 12.6 Å². The summed E-state index contributed by atoms with van der Waals surface area (Å²) in [6, 6.07) is 59.9. The number of hydrogen-bond acceptors (Lipinski definition) is 7. The fourth-order valence-electron chi connectivity index (χ4n) is 9.56. The molecule has 6 aromatic rings. The van der Waals surface area contributed by atoms with Gasteiger partial charge < -0.3 is 29.0 Å². The molecule has 2 atom stereocenters. The monoisotopic (exact) mass is 983 g/mol. The fourth-order valence-corrected chi connectivity index (χ4v) is 9.56. The number of nitrogens with one attached hydrogen (secondary N) is 1. The van der Waals surface area contributed by atoms with Gasteiger partial charge in [-0.2, -0.15) is 0 Å². The second kappa shape index (κ2) is 30.7. The number of anilines is 2. The standard InChI is InChI=1S/C34H41NO4.C31H37NO2/c1-3-28(26-27-14-7-5-8-15-27)33(29-16-9-6-10-17-29)30-19-21-31(22-20-30)35(34(36)37-4-2)23-13-25-39-32-18-11-12-24-38-32;1-2-26(24-25-12-5-3-6-13-25)31(27-14-7-4-8-15-27)28-17-19-29(20-18-28)32-21-11-23-34-30-16-9-10-22-33-30/h5-10,14-17,19-22,32H,3-4,11-13,18,23-26H2,1-2H3;3-8,12-15,17-20,30,32H,2,9-11,16,21-24H2,1H3. The van der Waals surface area contributed by atoms with E-state index in [9.17, 15) is 4.79 Å². The van der Waals surface area contributed by atoms with E-state index in [2.05, 4.69) is 171 Å². The Kier molecular flexibility index (Phi) is 22.9. The average Bonchev–Trinajstić information content (AvgIpc) is 3.45. The van der Waals surface area contributed by atoms with Crippen LogP contribution in [-0.4, -0.2) is 64.8 Å². The third-order valence-electron chi connectivity index (χ3n) is 13.4. The molecule has 8 nitrogen and oxygen atoms in total. The first-order chi connectivity index (χ1) is 36.0. The van der Waals surface area contributed by atoms with Crippen molar-refractivity contribution in [3.05, 3.63) is 214 Å². The molecule has 1 N–H and O–H groups in total. The summed E-state index contributed by atoms with van der Waals surface area (Å²) in [5.41, 5.74) is 14.9. The normalized spacial score (nSPS) is 16.3. The van der Waals surface area contributed by atoms with Crippen LogP contribution < -0.4 is 10.2 Å². The van der Waals surface area contributed by atoms with Gasteiger partial charge in [0.05, 0.1) is 19.8 Å². The van der Waals surface area contributed by atoms with Gasteiger partial charge >= 0.3 is 6.09 Å². The minimum atomic E-state index is -0.337. The van der Waals surface area contributed by atoms with E-state index in [0.717, 1.165) is 108 Å². The van der Waals surface area contributed by atoms with Crippen molar-refractivity contribution in [2.45, 2.75) is 110 Å². The molecule has 2 aliphatic heterocycles. The van der Waals surface area contributed by atoms with E-state index in [1.807, 2.05) is 25.1 Å². The van der Waals surface area contributed by atoms with Crippen molar-refractivity contribution in [1.29, 1.82) is 0 Å². The highest BCUT2D eigenvalue weighted by molar-refractivity contribution is 5.89. The van der Waals surface area contributed by atoms with Crippen molar-refractivity contribution in [3.8, 4) is 0 Å². The second-order valence-electron chi connectivity index (χ2n) is 18.7. The van der Waals surface area contributed by atoms with Gasteiger partial charge in [-0.15, -0.1) is 0 Å². The largest absolute Gasteiger partial charge is 0.449 e. The first-order valence-corrected chi connectivity index (χ1v) is 27.0. The van der Waals surface area contributed by atoms with Gasteiger partial charge in [0.2, 0.25) is 0 Å². The molecule has 2 saturated heterocycles. The van der Waals surface area contributed by atoms with E-state index in [1.165, 1.54) is 56.5 Å². The van der Waals surface area contributed by atoms with Crippen LogP contribution in [0.5, 0.6) is 0 Å². The molecular formula is C65H78N2O6. The molecule has 2 fully saturated rings. The fraction of sp³-hybridized carbons (Fsp3) is 0.369. The SMILES string of the molecule is CCC(Cc1ccccc1)=C(c1ccccc1)c1ccc(NCCCOC2CCCCO2)cc1.CCOC(=O)N(CCCOC1CCCCO1)c1ccc(C(=C(CC)Cc2ccccc2)c2ccccc2)cc1. The molecule has 0 saturated carbocycles. The number of hydrogen-bond donors (Lipinski definition) is 1. The van der Waals surface area contributed by atoms with E-state index in [-0.39, 0.29) is 18.7 Å². The predicted molar refractivity (Wildman–Crippen MR) is 300 cm³/mol. The van der Waals surface area contributed by atoms with E-state index in [4.69, 9.17) is 23.7 Å². The third kappa shape index (κ3) is 17.4. The quantitative estimate of drug-likeness (QED) is 0.0641. The number of rotatable bonds is 23. The van der Waals surface area contributed by atoms with Crippen LogP contribution in [0.2, 0.25) is 0 Å². The van der Waals surface area contributed by atoms with Gasteiger partial charge in [0, 0.05) is 37.7 Å². The van der Waals surface area contributed by atoms with E-state index < -0.39 is 0 Å². The Bertz CT molecular complexity index is 2540. The molecule has 384 valence electrons.